The van der Waals surface area contributed by atoms with E-state index < -0.39 is 29.7 Å². The lowest BCUT2D eigenvalue weighted by Gasteiger charge is -2.25. The molecule has 1 aliphatic heterocycles. The van der Waals surface area contributed by atoms with Crippen molar-refractivity contribution in [3.63, 3.8) is 0 Å². The Balaban J connectivity index is 1.56. The van der Waals surface area contributed by atoms with Crippen molar-refractivity contribution in [3.8, 4) is 11.1 Å². The minimum atomic E-state index is -1.80. The molecule has 0 saturated heterocycles. The number of carboxylic acids is 1. The fourth-order valence-electron chi connectivity index (χ4n) is 3.56. The number of carbonyl (C=O) groups excluding carboxylic acids is 3. The molecule has 3 aromatic carbocycles. The number of Topliss-reactive ketones (excluding diaryl/α,β-unsaturated/α-hetero) is 1. The molecular formula is C25H20N4O5. The van der Waals surface area contributed by atoms with Crippen LogP contribution in [0.5, 0.6) is 0 Å². The van der Waals surface area contributed by atoms with Crippen LogP contribution >= 0.6 is 0 Å². The quantitative estimate of drug-likeness (QED) is 0.401. The van der Waals surface area contributed by atoms with E-state index in [1.807, 2.05) is 48.5 Å². The Hall–Kier alpha value is -4.79. The van der Waals surface area contributed by atoms with Crippen LogP contribution in [0.1, 0.15) is 5.56 Å². The molecule has 170 valence electrons. The molecule has 0 bridgehead atoms. The lowest BCUT2D eigenvalue weighted by molar-refractivity contribution is -0.149. The Labute approximate surface area is 194 Å². The molecule has 0 aliphatic carbocycles. The van der Waals surface area contributed by atoms with Gasteiger partial charge in [0.05, 0.1) is 5.69 Å². The normalized spacial score (nSPS) is 15.5. The number of nitrogens with zero attached hydrogens (tertiary/aromatic N) is 2. The second kappa shape index (κ2) is 9.37. The van der Waals surface area contributed by atoms with E-state index in [0.29, 0.717) is 16.9 Å². The maximum absolute atomic E-state index is 12.7. The molecular weight excluding hydrogens is 436 g/mol. The van der Waals surface area contributed by atoms with Crippen molar-refractivity contribution in [2.24, 2.45) is 4.99 Å². The summed E-state index contributed by atoms with van der Waals surface area (Å²) in [5.74, 6) is -3.55. The molecule has 3 aromatic rings. The maximum atomic E-state index is 12.7. The van der Waals surface area contributed by atoms with Crippen LogP contribution in [-0.4, -0.2) is 52.6 Å². The zero-order valence-corrected chi connectivity index (χ0v) is 18.1. The highest BCUT2D eigenvalue weighted by Gasteiger charge is 2.39. The Morgan fingerprint density at radius 1 is 0.882 bits per heavy atom. The topological polar surface area (TPSA) is 128 Å². The number of anilines is 2. The van der Waals surface area contributed by atoms with Gasteiger partial charge in [0.15, 0.2) is 0 Å². The summed E-state index contributed by atoms with van der Waals surface area (Å²) >= 11 is 0. The van der Waals surface area contributed by atoms with Gasteiger partial charge >= 0.3 is 12.0 Å². The molecule has 0 fully saturated rings. The number of aliphatic imine (C=N–C) groups is 1. The van der Waals surface area contributed by atoms with Crippen LogP contribution in [0.25, 0.3) is 11.1 Å². The predicted molar refractivity (Wildman–Crippen MR) is 127 cm³/mol. The number of hydrogen-bond donors (Lipinski definition) is 3. The number of hydrogen-bond acceptors (Lipinski definition) is 5. The van der Waals surface area contributed by atoms with Gasteiger partial charge in [-0.1, -0.05) is 60.7 Å². The Morgan fingerprint density at radius 3 is 2.29 bits per heavy atom. The summed E-state index contributed by atoms with van der Waals surface area (Å²) in [6.45, 7) is 0. The van der Waals surface area contributed by atoms with Gasteiger partial charge in [0.1, 0.15) is 5.84 Å². The summed E-state index contributed by atoms with van der Waals surface area (Å²) < 4.78 is 0. The van der Waals surface area contributed by atoms with Gasteiger partial charge in [-0.25, -0.2) is 14.6 Å². The summed E-state index contributed by atoms with van der Waals surface area (Å²) in [5, 5.41) is 14.8. The number of rotatable bonds is 5. The molecule has 4 rings (SSSR count). The molecule has 34 heavy (non-hydrogen) atoms. The zero-order valence-electron chi connectivity index (χ0n) is 18.1. The number of carbonyl (C=O) groups is 4. The van der Waals surface area contributed by atoms with Crippen molar-refractivity contribution in [3.05, 3.63) is 84.4 Å². The molecule has 0 radical (unpaired) electrons. The van der Waals surface area contributed by atoms with Crippen LogP contribution in [-0.2, 0) is 14.4 Å². The molecule has 1 heterocycles. The second-order valence-corrected chi connectivity index (χ2v) is 7.49. The number of para-hydroxylation sites is 1. The average molecular weight is 456 g/mol. The van der Waals surface area contributed by atoms with E-state index in [1.54, 1.807) is 30.3 Å². The average Bonchev–Trinajstić information content (AvgIpc) is 2.83. The van der Waals surface area contributed by atoms with E-state index >= 15 is 0 Å². The highest BCUT2D eigenvalue weighted by Crippen LogP contribution is 2.27. The predicted octanol–water partition coefficient (Wildman–Crippen LogP) is 3.24. The summed E-state index contributed by atoms with van der Waals surface area (Å²) in [6.07, 6.45) is 0. The summed E-state index contributed by atoms with van der Waals surface area (Å²) in [6, 6.07) is 21.1. The summed E-state index contributed by atoms with van der Waals surface area (Å²) in [4.78, 5) is 53.1. The third-order valence-electron chi connectivity index (χ3n) is 5.21. The van der Waals surface area contributed by atoms with E-state index in [1.165, 1.54) is 7.05 Å². The smallest absolute Gasteiger partial charge is 0.336 e. The van der Waals surface area contributed by atoms with Crippen LogP contribution in [0.15, 0.2) is 83.9 Å². The first kappa shape index (κ1) is 22.4. The van der Waals surface area contributed by atoms with E-state index in [2.05, 4.69) is 15.6 Å². The minimum Gasteiger partial charge on any atom is -0.479 e. The number of amidine groups is 1. The molecule has 3 N–H and O–H groups in total. The van der Waals surface area contributed by atoms with Gasteiger partial charge < -0.3 is 15.7 Å². The van der Waals surface area contributed by atoms with Crippen molar-refractivity contribution in [2.45, 2.75) is 6.04 Å². The lowest BCUT2D eigenvalue weighted by atomic mass is 10.0. The molecule has 1 atom stereocenters. The summed E-state index contributed by atoms with van der Waals surface area (Å²) in [7, 11) is 1.34. The molecule has 0 saturated carbocycles. The largest absolute Gasteiger partial charge is 0.479 e. The molecule has 0 spiro atoms. The number of amides is 3. The van der Waals surface area contributed by atoms with Gasteiger partial charge in [0, 0.05) is 23.9 Å². The van der Waals surface area contributed by atoms with Crippen molar-refractivity contribution < 1.29 is 24.3 Å². The first-order valence-electron chi connectivity index (χ1n) is 10.3. The summed E-state index contributed by atoms with van der Waals surface area (Å²) in [5.41, 5.74) is 3.18. The second-order valence-electron chi connectivity index (χ2n) is 7.49. The standard InChI is InChI=1S/C25H20N4O5/c1-29-22(28-20(24(32)33)21(30)23(29)31)16-10-7-11-17(14-16)26-25(34)27-19-13-6-5-12-18(19)15-8-3-2-4-9-15/h2-14,20H,1H3,(H,32,33)(H2,26,27,34). The van der Waals surface area contributed by atoms with Crippen LogP contribution < -0.4 is 10.6 Å². The Morgan fingerprint density at radius 2 is 1.56 bits per heavy atom. The van der Waals surface area contributed by atoms with Gasteiger partial charge in [-0.2, -0.15) is 0 Å². The minimum absolute atomic E-state index is 0.0236. The number of likely N-dealkylation sites (N-methyl/N-ethyl adjacent to an activating group) is 1. The van der Waals surface area contributed by atoms with E-state index in [9.17, 15) is 24.3 Å². The van der Waals surface area contributed by atoms with Crippen LogP contribution in [0.3, 0.4) is 0 Å². The highest BCUT2D eigenvalue weighted by molar-refractivity contribution is 6.46. The third-order valence-corrected chi connectivity index (χ3v) is 5.21. The van der Waals surface area contributed by atoms with Gasteiger partial charge in [-0.15, -0.1) is 0 Å². The van der Waals surface area contributed by atoms with E-state index in [0.717, 1.165) is 16.0 Å². The molecule has 9 nitrogen and oxygen atoms in total. The van der Waals surface area contributed by atoms with Gasteiger partial charge in [-0.05, 0) is 23.8 Å². The molecule has 3 amide bonds. The number of benzene rings is 3. The molecule has 9 heteroatoms. The van der Waals surface area contributed by atoms with Crippen LogP contribution in [0.2, 0.25) is 0 Å². The SMILES string of the molecule is CN1C(=O)C(=O)C(C(=O)O)N=C1c1cccc(NC(=O)Nc2ccccc2-c2ccccc2)c1. The monoisotopic (exact) mass is 456 g/mol. The van der Waals surface area contributed by atoms with Crippen molar-refractivity contribution in [1.29, 1.82) is 0 Å². The first-order valence-corrected chi connectivity index (χ1v) is 10.3. The lowest BCUT2D eigenvalue weighted by Crippen LogP contribution is -2.50. The number of carboxylic acid groups (broad SMARTS) is 1. The van der Waals surface area contributed by atoms with Gasteiger partial charge in [0.25, 0.3) is 11.7 Å². The van der Waals surface area contributed by atoms with E-state index in [-0.39, 0.29) is 5.84 Å². The molecule has 1 unspecified atom stereocenters. The fraction of sp³-hybridized carbons (Fsp3) is 0.0800. The Bertz CT molecular complexity index is 1320. The molecule has 1 aliphatic rings. The van der Waals surface area contributed by atoms with Crippen molar-refractivity contribution in [1.82, 2.24) is 4.90 Å². The van der Waals surface area contributed by atoms with Crippen molar-refractivity contribution >= 4 is 40.9 Å². The van der Waals surface area contributed by atoms with E-state index in [4.69, 9.17) is 0 Å². The van der Waals surface area contributed by atoms with Gasteiger partial charge in [0.2, 0.25) is 6.04 Å². The zero-order chi connectivity index (χ0) is 24.2. The number of urea groups is 1. The van der Waals surface area contributed by atoms with Crippen molar-refractivity contribution in [2.75, 3.05) is 17.7 Å². The maximum Gasteiger partial charge on any atom is 0.336 e. The van der Waals surface area contributed by atoms with Crippen LogP contribution in [0.4, 0.5) is 16.2 Å². The number of aliphatic carboxylic acids is 1. The molecule has 0 aromatic heterocycles. The first-order chi connectivity index (χ1) is 16.3. The number of ketones is 1. The van der Waals surface area contributed by atoms with Gasteiger partial charge in [-0.3, -0.25) is 14.5 Å². The van der Waals surface area contributed by atoms with Crippen LogP contribution in [0, 0.1) is 0 Å². The highest BCUT2D eigenvalue weighted by atomic mass is 16.4. The fourth-order valence-corrected chi connectivity index (χ4v) is 3.56. The number of nitrogens with one attached hydrogen (secondary N) is 2. The Kier molecular flexibility index (Phi) is 6.18. The third kappa shape index (κ3) is 4.53.